The van der Waals surface area contributed by atoms with Crippen molar-refractivity contribution >= 4 is 23.2 Å². The van der Waals surface area contributed by atoms with Gasteiger partial charge in [0.25, 0.3) is 0 Å². The lowest BCUT2D eigenvalue weighted by molar-refractivity contribution is -0.137. The molecule has 2 amide bonds. The molecule has 0 spiro atoms. The topological polar surface area (TPSA) is 49.4 Å². The van der Waals surface area contributed by atoms with Crippen LogP contribution in [0, 0.1) is 5.82 Å². The molecule has 1 saturated heterocycles. The molecule has 0 radical (unpaired) electrons. The molecule has 0 aromatic heterocycles. The Hall–Kier alpha value is -2.90. The van der Waals surface area contributed by atoms with Crippen LogP contribution in [0.3, 0.4) is 0 Å². The fourth-order valence-electron chi connectivity index (χ4n) is 3.21. The predicted octanol–water partition coefficient (Wildman–Crippen LogP) is 4.89. The summed E-state index contributed by atoms with van der Waals surface area (Å²) >= 11 is 0. The molecule has 1 fully saturated rings. The molecule has 4 nitrogen and oxygen atoms in total. The van der Waals surface area contributed by atoms with Crippen molar-refractivity contribution in [1.82, 2.24) is 0 Å². The van der Waals surface area contributed by atoms with Gasteiger partial charge in [0.1, 0.15) is 5.82 Å². The second kappa shape index (κ2) is 7.50. The first kappa shape index (κ1) is 20.8. The van der Waals surface area contributed by atoms with E-state index in [2.05, 4.69) is 5.32 Å². The van der Waals surface area contributed by atoms with E-state index in [1.54, 1.807) is 0 Å². The number of rotatable bonds is 4. The maximum absolute atomic E-state index is 14.5. The Balaban J connectivity index is 1.80. The summed E-state index contributed by atoms with van der Waals surface area (Å²) in [6.45, 7) is 3.42. The molecule has 3 rings (SSSR count). The standard InChI is InChI=1S/C21H20F4N2O2/c1-20(2,13-5-3-6-14(11-13)21(23,24)25)19(29)26-15-8-9-17(16(22)12-15)27-10-4-7-18(27)28/h3,5-6,8-9,11-12H,4,7,10H2,1-2H3,(H,26,29). The van der Waals surface area contributed by atoms with Gasteiger partial charge in [-0.2, -0.15) is 13.2 Å². The highest BCUT2D eigenvalue weighted by molar-refractivity contribution is 5.99. The summed E-state index contributed by atoms with van der Waals surface area (Å²) in [5.74, 6) is -1.40. The zero-order chi connectivity index (χ0) is 21.4. The molecule has 0 unspecified atom stereocenters. The largest absolute Gasteiger partial charge is 0.416 e. The molecular weight excluding hydrogens is 388 g/mol. The lowest BCUT2D eigenvalue weighted by Crippen LogP contribution is -2.35. The van der Waals surface area contributed by atoms with Crippen LogP contribution in [0.4, 0.5) is 28.9 Å². The molecule has 1 N–H and O–H groups in total. The van der Waals surface area contributed by atoms with Crippen LogP contribution in [-0.2, 0) is 21.2 Å². The zero-order valence-corrected chi connectivity index (χ0v) is 15.9. The van der Waals surface area contributed by atoms with Gasteiger partial charge in [0.2, 0.25) is 11.8 Å². The number of hydrogen-bond donors (Lipinski definition) is 1. The number of alkyl halides is 3. The van der Waals surface area contributed by atoms with Gasteiger partial charge in [0, 0.05) is 18.7 Å². The van der Waals surface area contributed by atoms with Gasteiger partial charge in [-0.25, -0.2) is 4.39 Å². The number of benzene rings is 2. The van der Waals surface area contributed by atoms with E-state index in [9.17, 15) is 27.2 Å². The maximum atomic E-state index is 14.5. The molecule has 1 aliphatic heterocycles. The normalized spacial score (nSPS) is 15.0. The monoisotopic (exact) mass is 408 g/mol. The number of hydrogen-bond acceptors (Lipinski definition) is 2. The minimum Gasteiger partial charge on any atom is -0.325 e. The van der Waals surface area contributed by atoms with Crippen LogP contribution in [0.15, 0.2) is 42.5 Å². The third-order valence-electron chi connectivity index (χ3n) is 5.05. The van der Waals surface area contributed by atoms with Gasteiger partial charge in [-0.05, 0) is 50.1 Å². The van der Waals surface area contributed by atoms with Crippen molar-refractivity contribution in [3.63, 3.8) is 0 Å². The van der Waals surface area contributed by atoms with E-state index in [-0.39, 0.29) is 22.8 Å². The number of halogens is 4. The van der Waals surface area contributed by atoms with Gasteiger partial charge in [0.15, 0.2) is 0 Å². The summed E-state index contributed by atoms with van der Waals surface area (Å²) in [7, 11) is 0. The number of nitrogens with zero attached hydrogens (tertiary/aromatic N) is 1. The quantitative estimate of drug-likeness (QED) is 0.733. The summed E-state index contributed by atoms with van der Waals surface area (Å²) in [5.41, 5.74) is -1.65. The highest BCUT2D eigenvalue weighted by Gasteiger charge is 2.35. The SMILES string of the molecule is CC(C)(C(=O)Nc1ccc(N2CCCC2=O)c(F)c1)c1cccc(C(F)(F)F)c1. The smallest absolute Gasteiger partial charge is 0.325 e. The number of nitrogens with one attached hydrogen (secondary N) is 1. The van der Waals surface area contributed by atoms with Crippen LogP contribution in [0.1, 0.15) is 37.8 Å². The Morgan fingerprint density at radius 2 is 1.76 bits per heavy atom. The van der Waals surface area contributed by atoms with Crippen LogP contribution in [0.5, 0.6) is 0 Å². The van der Waals surface area contributed by atoms with E-state index in [0.29, 0.717) is 19.4 Å². The van der Waals surface area contributed by atoms with Gasteiger partial charge in [-0.15, -0.1) is 0 Å². The Bertz CT molecular complexity index is 954. The fourth-order valence-corrected chi connectivity index (χ4v) is 3.21. The molecule has 1 aliphatic rings. The predicted molar refractivity (Wildman–Crippen MR) is 101 cm³/mol. The number of amides is 2. The molecule has 29 heavy (non-hydrogen) atoms. The molecule has 154 valence electrons. The number of carbonyl (C=O) groups excluding carboxylic acids is 2. The van der Waals surface area contributed by atoms with E-state index in [1.165, 1.54) is 43.0 Å². The molecule has 8 heteroatoms. The van der Waals surface area contributed by atoms with Gasteiger partial charge < -0.3 is 10.2 Å². The van der Waals surface area contributed by atoms with Crippen LogP contribution in [0.2, 0.25) is 0 Å². The van der Waals surface area contributed by atoms with E-state index in [0.717, 1.165) is 18.2 Å². The average Bonchev–Trinajstić information content (AvgIpc) is 3.07. The second-order valence-electron chi connectivity index (χ2n) is 7.47. The summed E-state index contributed by atoms with van der Waals surface area (Å²) < 4.78 is 53.4. The first-order chi connectivity index (χ1) is 13.5. The third-order valence-corrected chi connectivity index (χ3v) is 5.05. The summed E-state index contributed by atoms with van der Waals surface area (Å²) in [5, 5.41) is 2.55. The van der Waals surface area contributed by atoms with Crippen molar-refractivity contribution in [2.45, 2.75) is 38.3 Å². The van der Waals surface area contributed by atoms with Crippen LogP contribution in [0.25, 0.3) is 0 Å². The zero-order valence-electron chi connectivity index (χ0n) is 15.9. The van der Waals surface area contributed by atoms with E-state index in [1.807, 2.05) is 0 Å². The van der Waals surface area contributed by atoms with Crippen LogP contribution >= 0.6 is 0 Å². The van der Waals surface area contributed by atoms with Crippen molar-refractivity contribution in [2.75, 3.05) is 16.8 Å². The minimum absolute atomic E-state index is 0.141. The Morgan fingerprint density at radius 3 is 2.34 bits per heavy atom. The van der Waals surface area contributed by atoms with Crippen molar-refractivity contribution in [1.29, 1.82) is 0 Å². The molecular formula is C21H20F4N2O2. The molecule has 2 aromatic rings. The molecule has 1 heterocycles. The molecule has 0 atom stereocenters. The van der Waals surface area contributed by atoms with E-state index >= 15 is 0 Å². The molecule has 0 bridgehead atoms. The second-order valence-corrected chi connectivity index (χ2v) is 7.47. The van der Waals surface area contributed by atoms with Gasteiger partial charge in [0.05, 0.1) is 16.7 Å². The van der Waals surface area contributed by atoms with E-state index < -0.39 is 28.9 Å². The van der Waals surface area contributed by atoms with Crippen molar-refractivity contribution in [2.24, 2.45) is 0 Å². The highest BCUT2D eigenvalue weighted by Crippen LogP contribution is 2.34. The third kappa shape index (κ3) is 4.26. The van der Waals surface area contributed by atoms with Crippen LogP contribution in [-0.4, -0.2) is 18.4 Å². The summed E-state index contributed by atoms with van der Waals surface area (Å²) in [4.78, 5) is 25.9. The Labute approximate surface area is 165 Å². The molecule has 0 saturated carbocycles. The average molecular weight is 408 g/mol. The Kier molecular flexibility index (Phi) is 5.38. The lowest BCUT2D eigenvalue weighted by atomic mass is 9.83. The molecule has 2 aromatic carbocycles. The summed E-state index contributed by atoms with van der Waals surface area (Å²) in [6, 6.07) is 8.52. The fraction of sp³-hybridized carbons (Fsp3) is 0.333. The number of anilines is 2. The van der Waals surface area contributed by atoms with Crippen molar-refractivity contribution in [3.05, 3.63) is 59.4 Å². The first-order valence-corrected chi connectivity index (χ1v) is 9.09. The lowest BCUT2D eigenvalue weighted by Gasteiger charge is -2.25. The van der Waals surface area contributed by atoms with Crippen LogP contribution < -0.4 is 10.2 Å². The van der Waals surface area contributed by atoms with Crippen molar-refractivity contribution in [3.8, 4) is 0 Å². The van der Waals surface area contributed by atoms with Gasteiger partial charge >= 0.3 is 6.18 Å². The number of carbonyl (C=O) groups is 2. The van der Waals surface area contributed by atoms with Crippen molar-refractivity contribution < 1.29 is 27.2 Å². The van der Waals surface area contributed by atoms with Gasteiger partial charge in [-0.3, -0.25) is 9.59 Å². The highest BCUT2D eigenvalue weighted by atomic mass is 19.4. The van der Waals surface area contributed by atoms with E-state index in [4.69, 9.17) is 0 Å². The molecule has 0 aliphatic carbocycles. The first-order valence-electron chi connectivity index (χ1n) is 9.09. The minimum atomic E-state index is -4.52. The summed E-state index contributed by atoms with van der Waals surface area (Å²) in [6.07, 6.45) is -3.50. The maximum Gasteiger partial charge on any atom is 0.416 e. The van der Waals surface area contributed by atoms with Gasteiger partial charge in [-0.1, -0.05) is 18.2 Å². The Morgan fingerprint density at radius 1 is 1.07 bits per heavy atom.